The fourth-order valence-electron chi connectivity index (χ4n) is 6.53. The van der Waals surface area contributed by atoms with E-state index in [4.69, 9.17) is 13.8 Å². The van der Waals surface area contributed by atoms with Crippen molar-refractivity contribution in [1.29, 1.82) is 0 Å². The van der Waals surface area contributed by atoms with Gasteiger partial charge in [0.2, 0.25) is 0 Å². The molecule has 1 heterocycles. The summed E-state index contributed by atoms with van der Waals surface area (Å²) in [7, 11) is -4.36. The number of hydrogen-bond acceptors (Lipinski definition) is 8. The van der Waals surface area contributed by atoms with E-state index < -0.39 is 49.2 Å². The third-order valence-corrected chi connectivity index (χ3v) is 12.0. The van der Waals surface area contributed by atoms with Gasteiger partial charge in [0.15, 0.2) is 0 Å². The molecule has 0 spiro atoms. The number of carbonyl (C=O) groups is 3. The van der Waals surface area contributed by atoms with Gasteiger partial charge in [-0.1, -0.05) is 30.3 Å². The second-order valence-corrected chi connectivity index (χ2v) is 15.9. The Balaban J connectivity index is 1.45. The minimum absolute atomic E-state index is 0.00167. The van der Waals surface area contributed by atoms with Crippen LogP contribution < -0.4 is 15.2 Å². The maximum absolute atomic E-state index is 14.8. The van der Waals surface area contributed by atoms with Crippen molar-refractivity contribution in [2.75, 3.05) is 13.7 Å². The van der Waals surface area contributed by atoms with E-state index in [1.54, 1.807) is 30.3 Å². The van der Waals surface area contributed by atoms with E-state index in [1.165, 1.54) is 4.90 Å². The zero-order valence-electron chi connectivity index (χ0n) is 29.5. The quantitative estimate of drug-likeness (QED) is 0.0937. The zero-order valence-corrected chi connectivity index (χ0v) is 30.4. The van der Waals surface area contributed by atoms with Crippen LogP contribution in [-0.2, 0) is 25.5 Å². The van der Waals surface area contributed by atoms with Crippen LogP contribution in [0.2, 0.25) is 0 Å². The van der Waals surface area contributed by atoms with Crippen LogP contribution in [0.3, 0.4) is 0 Å². The summed E-state index contributed by atoms with van der Waals surface area (Å²) in [6.45, 7) is 2.19. The van der Waals surface area contributed by atoms with Gasteiger partial charge in [-0.2, -0.15) is 0 Å². The SMILES string of the molecule is CCCCC(NC(=O)C1CCCN1C(=O)C(NC(=O)OCc1ccccc1)C(c1ccccc1)c1ccccc1)P(O)(O)(OC)Oc1ccccc1. The number of nitrogens with one attached hydrogen (secondary N) is 2. The Kier molecular flexibility index (Phi) is 13.0. The molecular formula is C40H48N3O8P. The Hall–Kier alpha value is -4.80. The number of para-hydroxylation sites is 1. The first-order chi connectivity index (χ1) is 25.1. The van der Waals surface area contributed by atoms with Crippen LogP contribution in [0.5, 0.6) is 5.75 Å². The van der Waals surface area contributed by atoms with Crippen LogP contribution >= 0.6 is 7.51 Å². The molecule has 0 radical (unpaired) electrons. The summed E-state index contributed by atoms with van der Waals surface area (Å²) < 4.78 is 16.7. The van der Waals surface area contributed by atoms with E-state index in [9.17, 15) is 24.2 Å². The van der Waals surface area contributed by atoms with E-state index in [-0.39, 0.29) is 25.3 Å². The number of nitrogens with zero attached hydrogens (tertiary/aromatic N) is 1. The molecule has 0 saturated carbocycles. The number of carbonyl (C=O) groups excluding carboxylic acids is 3. The average molecular weight is 730 g/mol. The van der Waals surface area contributed by atoms with Gasteiger partial charge in [0.25, 0.3) is 0 Å². The van der Waals surface area contributed by atoms with Crippen LogP contribution in [0, 0.1) is 0 Å². The van der Waals surface area contributed by atoms with E-state index >= 15 is 0 Å². The standard InChI is InChI=1S/C40H48N3O8P/c1-3-4-27-35(52(47,48,49-2)51-33-24-15-8-16-25-33)41-38(44)34-26-17-28-43(34)39(45)37(42-40(46)50-29-30-18-9-5-10-19-30)36(31-20-11-6-12-21-31)32-22-13-7-14-23-32/h5-16,18-25,34-37,47-48H,3-4,17,26-29H2,1-2H3,(H,41,44)(H,42,46). The molecule has 1 aliphatic rings. The van der Waals surface area contributed by atoms with Gasteiger partial charge in [-0.15, -0.1) is 0 Å². The first-order valence-corrected chi connectivity index (χ1v) is 19.7. The molecule has 0 aliphatic carbocycles. The Morgan fingerprint density at radius 3 is 1.94 bits per heavy atom. The number of amides is 3. The molecule has 1 fully saturated rings. The first kappa shape index (κ1) is 38.4. The number of alkyl carbamates (subject to hydrolysis) is 1. The van der Waals surface area contributed by atoms with Crippen LogP contribution in [0.4, 0.5) is 4.79 Å². The van der Waals surface area contributed by atoms with Gasteiger partial charge < -0.3 is 0 Å². The molecule has 4 aromatic rings. The molecule has 1 saturated heterocycles. The summed E-state index contributed by atoms with van der Waals surface area (Å²) in [5, 5.41) is 5.66. The van der Waals surface area contributed by atoms with E-state index in [1.807, 2.05) is 97.9 Å². The zero-order chi connectivity index (χ0) is 37.0. The third-order valence-electron chi connectivity index (χ3n) is 9.28. The first-order valence-electron chi connectivity index (χ1n) is 17.6. The van der Waals surface area contributed by atoms with Crippen molar-refractivity contribution < 1.29 is 38.0 Å². The van der Waals surface area contributed by atoms with E-state index in [0.29, 0.717) is 25.7 Å². The average Bonchev–Trinajstić information content (AvgIpc) is 3.67. The molecule has 276 valence electrons. The van der Waals surface area contributed by atoms with Gasteiger partial charge >= 0.3 is 275 Å². The third kappa shape index (κ3) is 9.54. The predicted octanol–water partition coefficient (Wildman–Crippen LogP) is 6.66. The molecule has 12 heteroatoms. The monoisotopic (exact) mass is 729 g/mol. The van der Waals surface area contributed by atoms with Gasteiger partial charge in [0, 0.05) is 0 Å². The van der Waals surface area contributed by atoms with Gasteiger partial charge in [0.1, 0.15) is 0 Å². The topological polar surface area (TPSA) is 147 Å². The van der Waals surface area contributed by atoms with Crippen LogP contribution in [0.15, 0.2) is 121 Å². The summed E-state index contributed by atoms with van der Waals surface area (Å²) in [5.41, 5.74) is 2.35. The summed E-state index contributed by atoms with van der Waals surface area (Å²) in [4.78, 5) is 67.3. The van der Waals surface area contributed by atoms with Crippen LogP contribution in [0.1, 0.15) is 61.6 Å². The summed E-state index contributed by atoms with van der Waals surface area (Å²) in [5.74, 6) is -2.84. The van der Waals surface area contributed by atoms with Crippen LogP contribution in [0.25, 0.3) is 0 Å². The number of benzene rings is 4. The number of ether oxygens (including phenoxy) is 1. The van der Waals surface area contributed by atoms with Gasteiger partial charge in [-0.05, 0) is 0 Å². The van der Waals surface area contributed by atoms with Crippen molar-refractivity contribution in [2.24, 2.45) is 0 Å². The van der Waals surface area contributed by atoms with Crippen LogP contribution in [-0.4, -0.2) is 64.1 Å². The molecule has 5 rings (SSSR count). The maximum atomic E-state index is 14.8. The molecule has 4 aromatic carbocycles. The minimum atomic E-state index is -5.49. The van der Waals surface area contributed by atoms with Crippen molar-refractivity contribution in [1.82, 2.24) is 15.5 Å². The fourth-order valence-corrected chi connectivity index (χ4v) is 8.48. The molecular weight excluding hydrogens is 681 g/mol. The van der Waals surface area contributed by atoms with Crippen molar-refractivity contribution >= 4 is 25.4 Å². The van der Waals surface area contributed by atoms with Crippen molar-refractivity contribution in [3.05, 3.63) is 138 Å². The van der Waals surface area contributed by atoms with Crippen molar-refractivity contribution in [3.63, 3.8) is 0 Å². The van der Waals surface area contributed by atoms with Gasteiger partial charge in [-0.3, -0.25) is 0 Å². The number of hydrogen-bond donors (Lipinski definition) is 4. The predicted molar refractivity (Wildman–Crippen MR) is 200 cm³/mol. The fraction of sp³-hybridized carbons (Fsp3) is 0.325. The number of unbranched alkanes of at least 4 members (excludes halogenated alkanes) is 1. The Morgan fingerprint density at radius 1 is 0.827 bits per heavy atom. The molecule has 0 bridgehead atoms. The van der Waals surface area contributed by atoms with Crippen molar-refractivity contribution in [2.45, 2.75) is 69.4 Å². The molecule has 1 aliphatic heterocycles. The molecule has 3 amide bonds. The molecule has 3 atom stereocenters. The molecule has 4 N–H and O–H groups in total. The Morgan fingerprint density at radius 2 is 1.38 bits per heavy atom. The van der Waals surface area contributed by atoms with Crippen molar-refractivity contribution in [3.8, 4) is 5.75 Å². The second kappa shape index (κ2) is 17.6. The van der Waals surface area contributed by atoms with Gasteiger partial charge in [0.05, 0.1) is 0 Å². The van der Waals surface area contributed by atoms with Gasteiger partial charge in [-0.25, -0.2) is 0 Å². The Bertz CT molecular complexity index is 1710. The molecule has 3 unspecified atom stereocenters. The molecule has 52 heavy (non-hydrogen) atoms. The second-order valence-electron chi connectivity index (χ2n) is 12.9. The van der Waals surface area contributed by atoms with E-state index in [2.05, 4.69) is 10.6 Å². The summed E-state index contributed by atoms with van der Waals surface area (Å²) in [6.07, 6.45) is 1.44. The number of likely N-dealkylation sites (tertiary alicyclic amines) is 1. The molecule has 11 nitrogen and oxygen atoms in total. The van der Waals surface area contributed by atoms with E-state index in [0.717, 1.165) is 23.8 Å². The normalized spacial score (nSPS) is 16.3. The number of rotatable bonds is 16. The molecule has 0 aromatic heterocycles. The Labute approximate surface area is 305 Å². The summed E-state index contributed by atoms with van der Waals surface area (Å²) >= 11 is 0. The summed E-state index contributed by atoms with van der Waals surface area (Å²) in [6, 6.07) is 34.2.